The summed E-state index contributed by atoms with van der Waals surface area (Å²) in [5.41, 5.74) is 7.36. The molecule has 8 heteroatoms. The topological polar surface area (TPSA) is 108 Å². The Bertz CT molecular complexity index is 805. The molecule has 2 aromatic heterocycles. The minimum absolute atomic E-state index is 0.0565. The molecule has 0 bridgehead atoms. The van der Waals surface area contributed by atoms with E-state index in [0.717, 1.165) is 5.69 Å². The first kappa shape index (κ1) is 15.6. The molecule has 25 heavy (non-hydrogen) atoms. The lowest BCUT2D eigenvalue weighted by atomic mass is 10.2. The third-order valence-electron chi connectivity index (χ3n) is 4.75. The standard InChI is InChI=1S/C17H20N6O2/c18-15(24)12-2-1-5-19-16(12)22-6-8-23(9-7-22)17(25)14-10-13(20-21-14)11-3-4-11/h1-2,5,10-11H,3-4,6-9H2,(H2,18,24)(H,20,21). The predicted molar refractivity (Wildman–Crippen MR) is 91.4 cm³/mol. The molecule has 1 aliphatic carbocycles. The maximum Gasteiger partial charge on any atom is 0.274 e. The summed E-state index contributed by atoms with van der Waals surface area (Å²) in [7, 11) is 0. The molecule has 1 saturated carbocycles. The second-order valence-electron chi connectivity index (χ2n) is 6.50. The minimum Gasteiger partial charge on any atom is -0.365 e. The molecule has 2 aliphatic rings. The van der Waals surface area contributed by atoms with Gasteiger partial charge >= 0.3 is 0 Å². The lowest BCUT2D eigenvalue weighted by Gasteiger charge is -2.35. The van der Waals surface area contributed by atoms with Crippen molar-refractivity contribution < 1.29 is 9.59 Å². The highest BCUT2D eigenvalue weighted by Crippen LogP contribution is 2.39. The molecule has 2 fully saturated rings. The number of nitrogens with two attached hydrogens (primary N) is 1. The van der Waals surface area contributed by atoms with Gasteiger partial charge in [-0.15, -0.1) is 0 Å². The van der Waals surface area contributed by atoms with Crippen LogP contribution in [0.4, 0.5) is 5.82 Å². The zero-order chi connectivity index (χ0) is 17.4. The fraction of sp³-hybridized carbons (Fsp3) is 0.412. The molecule has 0 unspecified atom stereocenters. The minimum atomic E-state index is -0.495. The number of H-pyrrole nitrogens is 1. The van der Waals surface area contributed by atoms with Gasteiger partial charge in [-0.05, 0) is 31.0 Å². The number of pyridine rings is 1. The number of hydrogen-bond donors (Lipinski definition) is 2. The van der Waals surface area contributed by atoms with Gasteiger partial charge in [0, 0.05) is 44.0 Å². The zero-order valence-corrected chi connectivity index (χ0v) is 13.8. The maximum atomic E-state index is 12.6. The predicted octanol–water partition coefficient (Wildman–Crippen LogP) is 0.743. The molecule has 8 nitrogen and oxygen atoms in total. The number of amides is 2. The number of piperazine rings is 1. The van der Waals surface area contributed by atoms with Crippen LogP contribution >= 0.6 is 0 Å². The lowest BCUT2D eigenvalue weighted by Crippen LogP contribution is -2.49. The fourth-order valence-electron chi connectivity index (χ4n) is 3.17. The van der Waals surface area contributed by atoms with Crippen molar-refractivity contribution in [2.75, 3.05) is 31.1 Å². The molecular weight excluding hydrogens is 320 g/mol. The normalized spacial score (nSPS) is 17.6. The lowest BCUT2D eigenvalue weighted by molar-refractivity contribution is 0.0740. The van der Waals surface area contributed by atoms with E-state index in [2.05, 4.69) is 15.2 Å². The number of carbonyl (C=O) groups excluding carboxylic acids is 2. The van der Waals surface area contributed by atoms with Gasteiger partial charge in [0.25, 0.3) is 11.8 Å². The molecule has 1 aliphatic heterocycles. The molecular formula is C17H20N6O2. The number of primary amides is 1. The van der Waals surface area contributed by atoms with Crippen molar-refractivity contribution in [3.05, 3.63) is 41.3 Å². The molecule has 0 atom stereocenters. The Hall–Kier alpha value is -2.90. The van der Waals surface area contributed by atoms with Crippen LogP contribution in [0.1, 0.15) is 45.3 Å². The maximum absolute atomic E-state index is 12.6. The number of carbonyl (C=O) groups is 2. The second-order valence-corrected chi connectivity index (χ2v) is 6.50. The summed E-state index contributed by atoms with van der Waals surface area (Å²) in [6.07, 6.45) is 3.98. The molecule has 2 amide bonds. The first-order valence-electron chi connectivity index (χ1n) is 8.48. The Kier molecular flexibility index (Phi) is 3.87. The van der Waals surface area contributed by atoms with Gasteiger partial charge < -0.3 is 15.5 Å². The van der Waals surface area contributed by atoms with E-state index in [9.17, 15) is 9.59 Å². The van der Waals surface area contributed by atoms with E-state index in [0.29, 0.717) is 49.2 Å². The summed E-state index contributed by atoms with van der Waals surface area (Å²) in [6, 6.07) is 5.24. The van der Waals surface area contributed by atoms with Crippen LogP contribution in [-0.2, 0) is 0 Å². The van der Waals surface area contributed by atoms with Gasteiger partial charge in [0.05, 0.1) is 5.56 Å². The third kappa shape index (κ3) is 3.07. The van der Waals surface area contributed by atoms with Gasteiger partial charge in [0.1, 0.15) is 11.5 Å². The summed E-state index contributed by atoms with van der Waals surface area (Å²) in [4.78, 5) is 32.2. The molecule has 3 N–H and O–H groups in total. The van der Waals surface area contributed by atoms with Crippen molar-refractivity contribution in [3.63, 3.8) is 0 Å². The smallest absolute Gasteiger partial charge is 0.274 e. The van der Waals surface area contributed by atoms with E-state index < -0.39 is 5.91 Å². The van der Waals surface area contributed by atoms with Crippen LogP contribution in [0.2, 0.25) is 0 Å². The molecule has 4 rings (SSSR count). The number of hydrogen-bond acceptors (Lipinski definition) is 5. The Morgan fingerprint density at radius 1 is 1.20 bits per heavy atom. The number of rotatable bonds is 4. The quantitative estimate of drug-likeness (QED) is 0.853. The zero-order valence-electron chi connectivity index (χ0n) is 13.8. The molecule has 1 saturated heterocycles. The van der Waals surface area contributed by atoms with Crippen LogP contribution < -0.4 is 10.6 Å². The largest absolute Gasteiger partial charge is 0.365 e. The molecule has 0 spiro atoms. The molecule has 130 valence electrons. The Morgan fingerprint density at radius 2 is 1.96 bits per heavy atom. The van der Waals surface area contributed by atoms with Crippen molar-refractivity contribution in [1.29, 1.82) is 0 Å². The average molecular weight is 340 g/mol. The number of nitrogens with one attached hydrogen (secondary N) is 1. The Morgan fingerprint density at radius 3 is 2.64 bits per heavy atom. The van der Waals surface area contributed by atoms with E-state index in [1.807, 2.05) is 11.0 Å². The molecule has 3 heterocycles. The van der Waals surface area contributed by atoms with E-state index in [1.165, 1.54) is 12.8 Å². The van der Waals surface area contributed by atoms with Gasteiger partial charge in [0.2, 0.25) is 0 Å². The molecule has 2 aromatic rings. The van der Waals surface area contributed by atoms with Crippen LogP contribution in [-0.4, -0.2) is 58.1 Å². The number of aromatic nitrogens is 3. The van der Waals surface area contributed by atoms with E-state index in [1.54, 1.807) is 23.2 Å². The van der Waals surface area contributed by atoms with Crippen LogP contribution in [0.5, 0.6) is 0 Å². The van der Waals surface area contributed by atoms with Crippen LogP contribution in [0.15, 0.2) is 24.4 Å². The summed E-state index contributed by atoms with van der Waals surface area (Å²) >= 11 is 0. The van der Waals surface area contributed by atoms with Crippen molar-refractivity contribution >= 4 is 17.6 Å². The fourth-order valence-corrected chi connectivity index (χ4v) is 3.17. The van der Waals surface area contributed by atoms with Crippen molar-refractivity contribution in [1.82, 2.24) is 20.1 Å². The van der Waals surface area contributed by atoms with Gasteiger partial charge in [-0.2, -0.15) is 5.10 Å². The first-order valence-corrected chi connectivity index (χ1v) is 8.48. The number of anilines is 1. The summed E-state index contributed by atoms with van der Waals surface area (Å²) in [5, 5.41) is 7.14. The molecule has 0 radical (unpaired) electrons. The van der Waals surface area contributed by atoms with E-state index in [-0.39, 0.29) is 5.91 Å². The summed E-state index contributed by atoms with van der Waals surface area (Å²) in [6.45, 7) is 2.31. The number of nitrogens with zero attached hydrogens (tertiary/aromatic N) is 4. The Balaban J connectivity index is 1.42. The summed E-state index contributed by atoms with van der Waals surface area (Å²) in [5.74, 6) is 0.574. The monoisotopic (exact) mass is 340 g/mol. The van der Waals surface area contributed by atoms with Gasteiger partial charge in [-0.25, -0.2) is 4.98 Å². The second kappa shape index (κ2) is 6.19. The SMILES string of the molecule is NC(=O)c1cccnc1N1CCN(C(=O)c2cc(C3CC3)[nH]n2)CC1. The van der Waals surface area contributed by atoms with Crippen molar-refractivity contribution in [2.45, 2.75) is 18.8 Å². The van der Waals surface area contributed by atoms with Crippen LogP contribution in [0.25, 0.3) is 0 Å². The first-order chi connectivity index (χ1) is 12.1. The van der Waals surface area contributed by atoms with Crippen LogP contribution in [0, 0.1) is 0 Å². The van der Waals surface area contributed by atoms with Gasteiger partial charge in [-0.1, -0.05) is 0 Å². The average Bonchev–Trinajstić information content (AvgIpc) is 3.38. The van der Waals surface area contributed by atoms with Gasteiger partial charge in [0.15, 0.2) is 0 Å². The van der Waals surface area contributed by atoms with Crippen molar-refractivity contribution in [3.8, 4) is 0 Å². The highest BCUT2D eigenvalue weighted by molar-refractivity contribution is 5.97. The van der Waals surface area contributed by atoms with E-state index in [4.69, 9.17) is 5.73 Å². The van der Waals surface area contributed by atoms with Crippen LogP contribution in [0.3, 0.4) is 0 Å². The highest BCUT2D eigenvalue weighted by atomic mass is 16.2. The third-order valence-corrected chi connectivity index (χ3v) is 4.75. The van der Waals surface area contributed by atoms with Crippen molar-refractivity contribution in [2.24, 2.45) is 5.73 Å². The molecule has 0 aromatic carbocycles. The highest BCUT2D eigenvalue weighted by Gasteiger charge is 2.29. The Labute approximate surface area is 145 Å². The number of aromatic amines is 1. The van der Waals surface area contributed by atoms with Gasteiger partial charge in [-0.3, -0.25) is 14.7 Å². The summed E-state index contributed by atoms with van der Waals surface area (Å²) < 4.78 is 0. The van der Waals surface area contributed by atoms with E-state index >= 15 is 0 Å².